The predicted octanol–water partition coefficient (Wildman–Crippen LogP) is 2.89. The second-order valence-electron chi connectivity index (χ2n) is 6.88. The maximum absolute atomic E-state index is 14.3. The summed E-state index contributed by atoms with van der Waals surface area (Å²) in [5.74, 6) is -0.692. The van der Waals surface area contributed by atoms with Crippen molar-refractivity contribution in [2.45, 2.75) is 32.9 Å². The monoisotopic (exact) mass is 387 g/mol. The fourth-order valence-corrected chi connectivity index (χ4v) is 2.45. The van der Waals surface area contributed by atoms with Crippen LogP contribution in [0, 0.1) is 11.7 Å². The number of nitrogens with one attached hydrogen (secondary N) is 2. The lowest BCUT2D eigenvalue weighted by atomic mass is 10.1. The average Bonchev–Trinajstić information content (AvgIpc) is 2.67. The van der Waals surface area contributed by atoms with E-state index in [1.807, 2.05) is 19.9 Å². The van der Waals surface area contributed by atoms with Crippen molar-refractivity contribution in [3.63, 3.8) is 0 Å². The Labute approximate surface area is 164 Å². The minimum absolute atomic E-state index is 0.0263. The van der Waals surface area contributed by atoms with Gasteiger partial charge in [-0.05, 0) is 42.7 Å². The summed E-state index contributed by atoms with van der Waals surface area (Å²) in [6, 6.07) is 12.3. The van der Waals surface area contributed by atoms with E-state index in [9.17, 15) is 14.0 Å². The predicted molar refractivity (Wildman–Crippen MR) is 105 cm³/mol. The lowest BCUT2D eigenvalue weighted by molar-refractivity contribution is -0.127. The second kappa shape index (κ2) is 9.85. The number of rotatable bonds is 8. The molecule has 0 fully saturated rings. The maximum Gasteiger partial charge on any atom is 0.239 e. The first kappa shape index (κ1) is 21.4. The van der Waals surface area contributed by atoms with E-state index in [0.29, 0.717) is 11.3 Å². The van der Waals surface area contributed by atoms with Crippen LogP contribution in [0.5, 0.6) is 11.5 Å². The molecule has 7 heteroatoms. The fraction of sp³-hybridized carbons (Fsp3) is 0.333. The smallest absolute Gasteiger partial charge is 0.239 e. The molecule has 28 heavy (non-hydrogen) atoms. The van der Waals surface area contributed by atoms with Crippen LogP contribution in [0.1, 0.15) is 32.4 Å². The molecule has 2 atom stereocenters. The third kappa shape index (κ3) is 6.06. The van der Waals surface area contributed by atoms with E-state index < -0.39 is 17.9 Å². The van der Waals surface area contributed by atoms with Gasteiger partial charge in [-0.1, -0.05) is 38.1 Å². The Hall–Kier alpha value is -2.93. The molecule has 0 aliphatic carbocycles. The van der Waals surface area contributed by atoms with Gasteiger partial charge in [-0.2, -0.15) is 0 Å². The molecule has 0 aliphatic rings. The summed E-state index contributed by atoms with van der Waals surface area (Å²) < 4.78 is 19.9. The van der Waals surface area contributed by atoms with E-state index in [1.54, 1.807) is 37.3 Å². The maximum atomic E-state index is 14.3. The first-order valence-electron chi connectivity index (χ1n) is 9.13. The largest absolute Gasteiger partial charge is 0.454 e. The molecule has 0 bridgehead atoms. The quantitative estimate of drug-likeness (QED) is 0.649. The molecule has 0 aromatic heterocycles. The number of hydrogen-bond acceptors (Lipinski definition) is 4. The van der Waals surface area contributed by atoms with Gasteiger partial charge >= 0.3 is 0 Å². The van der Waals surface area contributed by atoms with Crippen molar-refractivity contribution in [3.05, 3.63) is 59.9 Å². The molecule has 0 saturated carbocycles. The topological polar surface area (TPSA) is 93.5 Å². The van der Waals surface area contributed by atoms with Crippen LogP contribution in [-0.4, -0.2) is 24.4 Å². The van der Waals surface area contributed by atoms with Gasteiger partial charge in [-0.15, -0.1) is 0 Å². The number of hydrogen-bond donors (Lipinski definition) is 3. The zero-order valence-electron chi connectivity index (χ0n) is 16.2. The highest BCUT2D eigenvalue weighted by molar-refractivity contribution is 5.87. The first-order chi connectivity index (χ1) is 13.3. The number of amides is 2. The molecule has 1 unspecified atom stereocenters. The van der Waals surface area contributed by atoms with Crippen molar-refractivity contribution < 1.29 is 18.7 Å². The van der Waals surface area contributed by atoms with Crippen LogP contribution in [0.4, 0.5) is 4.39 Å². The minimum atomic E-state index is -0.670. The molecular formula is C21H26FN3O3. The van der Waals surface area contributed by atoms with E-state index >= 15 is 0 Å². The van der Waals surface area contributed by atoms with E-state index in [1.165, 1.54) is 12.1 Å². The second-order valence-corrected chi connectivity index (χ2v) is 6.88. The Bertz CT molecular complexity index is 812. The van der Waals surface area contributed by atoms with Crippen LogP contribution in [0.25, 0.3) is 0 Å². The van der Waals surface area contributed by atoms with Crippen molar-refractivity contribution >= 4 is 11.8 Å². The number of carbonyl (C=O) groups excluding carboxylic acids is 2. The number of halogens is 1. The van der Waals surface area contributed by atoms with Crippen LogP contribution in [0.15, 0.2) is 48.5 Å². The lowest BCUT2D eigenvalue weighted by Crippen LogP contribution is -2.47. The molecule has 0 radical (unpaired) electrons. The van der Waals surface area contributed by atoms with Gasteiger partial charge < -0.3 is 21.1 Å². The van der Waals surface area contributed by atoms with Crippen molar-refractivity contribution in [3.8, 4) is 11.5 Å². The van der Waals surface area contributed by atoms with Gasteiger partial charge in [0.25, 0.3) is 0 Å². The summed E-state index contributed by atoms with van der Waals surface area (Å²) in [4.78, 5) is 23.8. The molecule has 0 saturated heterocycles. The third-order valence-electron chi connectivity index (χ3n) is 4.25. The van der Waals surface area contributed by atoms with E-state index in [4.69, 9.17) is 10.5 Å². The molecule has 150 valence electrons. The molecule has 2 rings (SSSR count). The highest BCUT2D eigenvalue weighted by Crippen LogP contribution is 2.26. The van der Waals surface area contributed by atoms with Gasteiger partial charge in [0.05, 0.1) is 18.6 Å². The molecule has 2 amide bonds. The third-order valence-corrected chi connectivity index (χ3v) is 4.25. The van der Waals surface area contributed by atoms with Crippen molar-refractivity contribution in [2.75, 3.05) is 6.54 Å². The van der Waals surface area contributed by atoms with Crippen LogP contribution in [0.3, 0.4) is 0 Å². The van der Waals surface area contributed by atoms with Gasteiger partial charge in [-0.25, -0.2) is 4.39 Å². The van der Waals surface area contributed by atoms with E-state index in [2.05, 4.69) is 10.6 Å². The number of carbonyl (C=O) groups is 2. The summed E-state index contributed by atoms with van der Waals surface area (Å²) in [5.41, 5.74) is 6.31. The van der Waals surface area contributed by atoms with Gasteiger partial charge in [-0.3, -0.25) is 9.59 Å². The highest BCUT2D eigenvalue weighted by atomic mass is 19.1. The first-order valence-corrected chi connectivity index (χ1v) is 9.13. The molecular weight excluding hydrogens is 361 g/mol. The summed E-state index contributed by atoms with van der Waals surface area (Å²) in [7, 11) is 0. The molecule has 0 spiro atoms. The fourth-order valence-electron chi connectivity index (χ4n) is 2.45. The Morgan fingerprint density at radius 1 is 1.11 bits per heavy atom. The number of benzene rings is 2. The van der Waals surface area contributed by atoms with Crippen LogP contribution in [0.2, 0.25) is 0 Å². The minimum Gasteiger partial charge on any atom is -0.454 e. The van der Waals surface area contributed by atoms with Crippen molar-refractivity contribution in [1.82, 2.24) is 10.6 Å². The van der Waals surface area contributed by atoms with Gasteiger partial charge in [0, 0.05) is 0 Å². The zero-order valence-corrected chi connectivity index (χ0v) is 16.2. The molecule has 4 N–H and O–H groups in total. The van der Waals surface area contributed by atoms with Crippen molar-refractivity contribution in [1.29, 1.82) is 0 Å². The standard InChI is InChI=1S/C21H26FN3O3/c1-13(2)20(23)21(27)24-12-19(26)25-14(3)15-9-10-18(17(22)11-15)28-16-7-5-4-6-8-16/h4-11,13-14,20H,12,23H2,1-3H3,(H,24,27)(H,25,26)/t14?,20-/m0/s1. The average molecular weight is 387 g/mol. The SMILES string of the molecule is CC(NC(=O)CNC(=O)[C@@H](N)C(C)C)c1ccc(Oc2ccccc2)c(F)c1. The van der Waals surface area contributed by atoms with E-state index in [-0.39, 0.29) is 30.0 Å². The Kier molecular flexibility index (Phi) is 7.52. The van der Waals surface area contributed by atoms with Crippen LogP contribution < -0.4 is 21.1 Å². The molecule has 0 aliphatic heterocycles. The van der Waals surface area contributed by atoms with Crippen LogP contribution >= 0.6 is 0 Å². The number of para-hydroxylation sites is 1. The van der Waals surface area contributed by atoms with Crippen molar-refractivity contribution in [2.24, 2.45) is 11.7 Å². The summed E-state index contributed by atoms with van der Waals surface area (Å²) in [6.45, 7) is 5.19. The normalized spacial score (nSPS) is 12.9. The summed E-state index contributed by atoms with van der Waals surface area (Å²) in [6.07, 6.45) is 0. The highest BCUT2D eigenvalue weighted by Gasteiger charge is 2.18. The van der Waals surface area contributed by atoms with Gasteiger partial charge in [0.15, 0.2) is 11.6 Å². The summed E-state index contributed by atoms with van der Waals surface area (Å²) in [5, 5.41) is 5.21. The molecule has 6 nitrogen and oxygen atoms in total. The van der Waals surface area contributed by atoms with Crippen LogP contribution in [-0.2, 0) is 9.59 Å². The Balaban J connectivity index is 1.91. The molecule has 0 heterocycles. The number of ether oxygens (including phenoxy) is 1. The number of nitrogens with two attached hydrogens (primary N) is 1. The van der Waals surface area contributed by atoms with Gasteiger partial charge in [0.1, 0.15) is 5.75 Å². The van der Waals surface area contributed by atoms with E-state index in [0.717, 1.165) is 0 Å². The lowest BCUT2D eigenvalue weighted by Gasteiger charge is -2.18. The molecule has 2 aromatic rings. The molecule has 2 aromatic carbocycles. The summed E-state index contributed by atoms with van der Waals surface area (Å²) >= 11 is 0. The zero-order chi connectivity index (χ0) is 20.7. The van der Waals surface area contributed by atoms with Gasteiger partial charge in [0.2, 0.25) is 11.8 Å². The Morgan fingerprint density at radius 2 is 1.79 bits per heavy atom. The Morgan fingerprint density at radius 3 is 2.39 bits per heavy atom.